The van der Waals surface area contributed by atoms with E-state index in [0.29, 0.717) is 0 Å². The highest BCUT2D eigenvalue weighted by molar-refractivity contribution is 7.85. The molecule has 0 saturated carbocycles. The van der Waals surface area contributed by atoms with Crippen LogP contribution in [0.15, 0.2) is 0 Å². The first kappa shape index (κ1) is 9.20. The zero-order chi connectivity index (χ0) is 8.10. The monoisotopic (exact) mass is 174 g/mol. The maximum absolute atomic E-state index is 7.41. The van der Waals surface area contributed by atoms with Crippen molar-refractivity contribution in [3.63, 3.8) is 0 Å². The molecule has 1 rings (SSSR count). The molecule has 1 saturated heterocycles. The lowest BCUT2D eigenvalue weighted by atomic mass is 9.96. The van der Waals surface area contributed by atoms with Gasteiger partial charge in [0, 0.05) is 5.75 Å². The van der Waals surface area contributed by atoms with Crippen molar-refractivity contribution in [3.8, 4) is 0 Å². The zero-order valence-corrected chi connectivity index (χ0v) is 8.04. The molecule has 2 N–H and O–H groups in total. The van der Waals surface area contributed by atoms with Gasteiger partial charge < -0.3 is 5.32 Å². The number of hydrogen-bond acceptors (Lipinski definition) is 2. The molecule has 1 aliphatic heterocycles. The van der Waals surface area contributed by atoms with Gasteiger partial charge in [-0.3, -0.25) is 4.78 Å². The summed E-state index contributed by atoms with van der Waals surface area (Å²) >= 11 is 0. The van der Waals surface area contributed by atoms with Gasteiger partial charge in [-0.15, -0.1) is 10.7 Å². The summed E-state index contributed by atoms with van der Waals surface area (Å²) in [4.78, 5) is 0. The van der Waals surface area contributed by atoms with Crippen LogP contribution in [0.3, 0.4) is 0 Å². The lowest BCUT2D eigenvalue weighted by molar-refractivity contribution is 0.367. The summed E-state index contributed by atoms with van der Waals surface area (Å²) in [7, 11) is -0.0877. The van der Waals surface area contributed by atoms with Crippen LogP contribution in [0.4, 0.5) is 0 Å². The lowest BCUT2D eigenvalue weighted by Crippen LogP contribution is -2.28. The fraction of sp³-hybridized carbons (Fsp3) is 1.00. The highest BCUT2D eigenvalue weighted by Gasteiger charge is 2.11. The molecule has 1 aliphatic rings. The van der Waals surface area contributed by atoms with Crippen LogP contribution in [0.25, 0.3) is 0 Å². The van der Waals surface area contributed by atoms with Crippen molar-refractivity contribution in [3.05, 3.63) is 0 Å². The molecule has 0 radical (unpaired) electrons. The Bertz CT molecular complexity index is 130. The third-order valence-corrected chi connectivity index (χ3v) is 3.14. The van der Waals surface area contributed by atoms with Gasteiger partial charge in [-0.1, -0.05) is 0 Å². The normalized spacial score (nSPS) is 23.4. The molecule has 1 unspecified atom stereocenters. The molecule has 1 atom stereocenters. The molecule has 0 aromatic rings. The van der Waals surface area contributed by atoms with Crippen molar-refractivity contribution in [2.24, 2.45) is 5.92 Å². The second-order valence-corrected chi connectivity index (χ2v) is 5.01. The summed E-state index contributed by atoms with van der Waals surface area (Å²) in [6, 6.07) is 0. The number of nitrogens with one attached hydrogen (secondary N) is 2. The predicted molar refractivity (Wildman–Crippen MR) is 51.1 cm³/mol. The van der Waals surface area contributed by atoms with Gasteiger partial charge in [0.05, 0.1) is 0 Å². The van der Waals surface area contributed by atoms with Gasteiger partial charge in [0.2, 0.25) is 0 Å². The smallest absolute Gasteiger partial charge is 0.00384 e. The fourth-order valence-electron chi connectivity index (χ4n) is 1.51. The number of piperidine rings is 1. The van der Waals surface area contributed by atoms with Crippen LogP contribution in [0.1, 0.15) is 19.3 Å². The third-order valence-electron chi connectivity index (χ3n) is 2.29. The molecule has 66 valence electrons. The summed E-state index contributed by atoms with van der Waals surface area (Å²) in [6.45, 7) is 2.39. The van der Waals surface area contributed by atoms with E-state index in [9.17, 15) is 0 Å². The summed E-state index contributed by atoms with van der Waals surface area (Å²) in [5, 5.41) is 3.36. The largest absolute Gasteiger partial charge is 0.317 e. The summed E-state index contributed by atoms with van der Waals surface area (Å²) in [5.41, 5.74) is 0. The van der Waals surface area contributed by atoms with Gasteiger partial charge in [-0.05, 0) is 44.5 Å². The summed E-state index contributed by atoms with van der Waals surface area (Å²) in [5.74, 6) is 2.03. The molecule has 0 aromatic carbocycles. The van der Waals surface area contributed by atoms with E-state index in [1.807, 2.05) is 6.26 Å². The molecular formula is C8H18N2S. The van der Waals surface area contributed by atoms with E-state index in [0.717, 1.165) is 11.7 Å². The minimum absolute atomic E-state index is 0.0877. The van der Waals surface area contributed by atoms with Crippen LogP contribution >= 0.6 is 0 Å². The predicted octanol–water partition coefficient (Wildman–Crippen LogP) is 1.39. The van der Waals surface area contributed by atoms with Crippen molar-refractivity contribution in [2.45, 2.75) is 19.3 Å². The molecule has 11 heavy (non-hydrogen) atoms. The van der Waals surface area contributed by atoms with Crippen LogP contribution in [0.5, 0.6) is 0 Å². The van der Waals surface area contributed by atoms with Gasteiger partial charge in [-0.2, -0.15) is 0 Å². The summed E-state index contributed by atoms with van der Waals surface area (Å²) in [6.07, 6.45) is 5.96. The van der Waals surface area contributed by atoms with Gasteiger partial charge in [0.1, 0.15) is 0 Å². The van der Waals surface area contributed by atoms with Gasteiger partial charge in [-0.25, -0.2) is 0 Å². The second kappa shape index (κ2) is 4.88. The van der Waals surface area contributed by atoms with Crippen LogP contribution in [-0.2, 0) is 10.7 Å². The molecule has 0 amide bonds. The van der Waals surface area contributed by atoms with Crippen LogP contribution in [0.2, 0.25) is 0 Å². The molecule has 3 heteroatoms. The number of hydrogen-bond donors (Lipinski definition) is 2. The van der Waals surface area contributed by atoms with E-state index in [1.54, 1.807) is 0 Å². The Morgan fingerprint density at radius 1 is 1.45 bits per heavy atom. The maximum atomic E-state index is 7.41. The Labute approximate surface area is 71.7 Å². The van der Waals surface area contributed by atoms with Crippen LogP contribution < -0.4 is 5.32 Å². The topological polar surface area (TPSA) is 35.9 Å². The lowest BCUT2D eigenvalue weighted by Gasteiger charge is -2.22. The van der Waals surface area contributed by atoms with Crippen molar-refractivity contribution < 1.29 is 0 Å². The molecule has 2 nitrogen and oxygen atoms in total. The Kier molecular flexibility index (Phi) is 4.08. The maximum Gasteiger partial charge on any atom is 0.00384 e. The Morgan fingerprint density at radius 3 is 2.64 bits per heavy atom. The highest BCUT2D eigenvalue weighted by Crippen LogP contribution is 2.15. The van der Waals surface area contributed by atoms with Gasteiger partial charge in [0.15, 0.2) is 0 Å². The third kappa shape index (κ3) is 3.87. The minimum Gasteiger partial charge on any atom is -0.317 e. The first-order valence-corrected chi connectivity index (χ1v) is 6.13. The molecule has 1 heterocycles. The molecule has 0 spiro atoms. The molecule has 0 aromatic heterocycles. The van der Waals surface area contributed by atoms with Crippen molar-refractivity contribution in [1.82, 2.24) is 5.32 Å². The van der Waals surface area contributed by atoms with Crippen LogP contribution in [-0.4, -0.2) is 25.1 Å². The van der Waals surface area contributed by atoms with Crippen molar-refractivity contribution in [1.29, 1.82) is 4.78 Å². The van der Waals surface area contributed by atoms with Gasteiger partial charge in [0.25, 0.3) is 0 Å². The Hall–Kier alpha value is 0.110. The minimum atomic E-state index is -0.0877. The first-order valence-electron chi connectivity index (χ1n) is 4.33. The van der Waals surface area contributed by atoms with Crippen LogP contribution in [0, 0.1) is 10.7 Å². The van der Waals surface area contributed by atoms with E-state index in [1.165, 1.54) is 32.4 Å². The van der Waals surface area contributed by atoms with E-state index in [-0.39, 0.29) is 10.7 Å². The quantitative estimate of drug-likeness (QED) is 0.666. The van der Waals surface area contributed by atoms with Crippen molar-refractivity contribution in [2.75, 3.05) is 25.1 Å². The molecule has 0 bridgehead atoms. The zero-order valence-electron chi connectivity index (χ0n) is 7.23. The molecule has 0 aliphatic carbocycles. The SMILES string of the molecule is CS(=N)CCC1CCNCC1. The Balaban J connectivity index is 2.09. The second-order valence-electron chi connectivity index (χ2n) is 3.32. The number of rotatable bonds is 3. The molecular weight excluding hydrogens is 156 g/mol. The Morgan fingerprint density at radius 2 is 2.09 bits per heavy atom. The van der Waals surface area contributed by atoms with Gasteiger partial charge >= 0.3 is 0 Å². The standard InChI is InChI=1S/C8H18N2S/c1-11(9)7-4-8-2-5-10-6-3-8/h8-10H,2-7H2,1H3. The van der Waals surface area contributed by atoms with Crippen molar-refractivity contribution >= 4 is 10.7 Å². The van der Waals surface area contributed by atoms with E-state index in [4.69, 9.17) is 4.78 Å². The average molecular weight is 174 g/mol. The fourth-order valence-corrected chi connectivity index (χ4v) is 2.20. The van der Waals surface area contributed by atoms with E-state index < -0.39 is 0 Å². The summed E-state index contributed by atoms with van der Waals surface area (Å²) < 4.78 is 7.41. The van der Waals surface area contributed by atoms with E-state index in [2.05, 4.69) is 5.32 Å². The average Bonchev–Trinajstić information content (AvgIpc) is 2.03. The van der Waals surface area contributed by atoms with E-state index >= 15 is 0 Å². The first-order chi connectivity index (χ1) is 5.29. The molecule has 1 fully saturated rings. The highest BCUT2D eigenvalue weighted by atomic mass is 32.2.